The molecular formula is C12H22N2O2. The molecule has 1 amide bonds. The van der Waals surface area contributed by atoms with Crippen molar-refractivity contribution >= 4 is 5.91 Å². The van der Waals surface area contributed by atoms with Gasteiger partial charge in [0.1, 0.15) is 0 Å². The van der Waals surface area contributed by atoms with Gasteiger partial charge in [0.25, 0.3) is 0 Å². The predicted molar refractivity (Wildman–Crippen MR) is 62.0 cm³/mol. The van der Waals surface area contributed by atoms with Gasteiger partial charge in [-0.05, 0) is 26.2 Å². The third-order valence-corrected chi connectivity index (χ3v) is 3.49. The van der Waals surface area contributed by atoms with Crippen LogP contribution < -0.4 is 5.32 Å². The zero-order chi connectivity index (χ0) is 11.5. The van der Waals surface area contributed by atoms with Crippen LogP contribution in [0.2, 0.25) is 0 Å². The number of amides is 1. The van der Waals surface area contributed by atoms with Crippen LogP contribution in [0.1, 0.15) is 39.5 Å². The fourth-order valence-corrected chi connectivity index (χ4v) is 2.69. The van der Waals surface area contributed by atoms with Crippen LogP contribution in [0.5, 0.6) is 0 Å². The number of ether oxygens (including phenoxy) is 1. The number of hydrogen-bond acceptors (Lipinski definition) is 3. The Morgan fingerprint density at radius 3 is 3.00 bits per heavy atom. The van der Waals surface area contributed by atoms with Gasteiger partial charge in [0.2, 0.25) is 5.91 Å². The monoisotopic (exact) mass is 226 g/mol. The van der Waals surface area contributed by atoms with Crippen molar-refractivity contribution in [2.75, 3.05) is 13.2 Å². The summed E-state index contributed by atoms with van der Waals surface area (Å²) >= 11 is 0. The van der Waals surface area contributed by atoms with Crippen LogP contribution >= 0.6 is 0 Å². The molecule has 4 nitrogen and oxygen atoms in total. The predicted octanol–water partition coefficient (Wildman–Crippen LogP) is 1.11. The van der Waals surface area contributed by atoms with Crippen molar-refractivity contribution < 1.29 is 9.53 Å². The number of rotatable bonds is 3. The molecule has 0 aromatic carbocycles. The molecule has 2 fully saturated rings. The van der Waals surface area contributed by atoms with Gasteiger partial charge in [0.05, 0.1) is 24.9 Å². The van der Waals surface area contributed by atoms with E-state index in [0.29, 0.717) is 6.61 Å². The highest BCUT2D eigenvalue weighted by molar-refractivity contribution is 5.84. The molecule has 2 rings (SSSR count). The molecule has 0 spiro atoms. The van der Waals surface area contributed by atoms with Crippen molar-refractivity contribution in [1.29, 1.82) is 0 Å². The number of nitrogens with zero attached hydrogens (tertiary/aromatic N) is 1. The third-order valence-electron chi connectivity index (χ3n) is 3.49. The maximum absolute atomic E-state index is 12.1. The summed E-state index contributed by atoms with van der Waals surface area (Å²) in [6.45, 7) is 5.67. The SMILES string of the molecule is CCCC1NC(C)C(=O)N1C1CCCOC1. The normalized spacial score (nSPS) is 35.8. The Morgan fingerprint density at radius 2 is 2.38 bits per heavy atom. The molecule has 16 heavy (non-hydrogen) atoms. The van der Waals surface area contributed by atoms with Crippen molar-refractivity contribution in [3.63, 3.8) is 0 Å². The van der Waals surface area contributed by atoms with E-state index in [2.05, 4.69) is 12.2 Å². The molecule has 2 heterocycles. The van der Waals surface area contributed by atoms with E-state index >= 15 is 0 Å². The summed E-state index contributed by atoms with van der Waals surface area (Å²) in [4.78, 5) is 14.1. The lowest BCUT2D eigenvalue weighted by Crippen LogP contribution is -2.48. The molecule has 92 valence electrons. The minimum absolute atomic E-state index is 0.0292. The van der Waals surface area contributed by atoms with E-state index in [0.717, 1.165) is 32.3 Å². The highest BCUT2D eigenvalue weighted by Gasteiger charge is 2.40. The van der Waals surface area contributed by atoms with E-state index < -0.39 is 0 Å². The first kappa shape index (κ1) is 11.9. The van der Waals surface area contributed by atoms with E-state index in [1.165, 1.54) is 0 Å². The smallest absolute Gasteiger partial charge is 0.241 e. The van der Waals surface area contributed by atoms with Crippen LogP contribution in [0.4, 0.5) is 0 Å². The second-order valence-corrected chi connectivity index (χ2v) is 4.81. The van der Waals surface area contributed by atoms with Gasteiger partial charge in [-0.25, -0.2) is 0 Å². The fraction of sp³-hybridized carbons (Fsp3) is 0.917. The molecule has 3 unspecified atom stereocenters. The van der Waals surface area contributed by atoms with Crippen LogP contribution in [0.3, 0.4) is 0 Å². The van der Waals surface area contributed by atoms with Crippen molar-refractivity contribution in [2.45, 2.75) is 57.8 Å². The number of hydrogen-bond donors (Lipinski definition) is 1. The Morgan fingerprint density at radius 1 is 1.56 bits per heavy atom. The van der Waals surface area contributed by atoms with Gasteiger partial charge in [-0.15, -0.1) is 0 Å². The average molecular weight is 226 g/mol. The Bertz CT molecular complexity index is 247. The van der Waals surface area contributed by atoms with Crippen LogP contribution in [0, 0.1) is 0 Å². The zero-order valence-corrected chi connectivity index (χ0v) is 10.2. The van der Waals surface area contributed by atoms with Crippen molar-refractivity contribution in [3.8, 4) is 0 Å². The lowest BCUT2D eigenvalue weighted by molar-refractivity contribution is -0.135. The van der Waals surface area contributed by atoms with Gasteiger partial charge in [-0.2, -0.15) is 0 Å². The lowest BCUT2D eigenvalue weighted by Gasteiger charge is -2.35. The van der Waals surface area contributed by atoms with E-state index in [4.69, 9.17) is 4.74 Å². The Labute approximate surface area is 97.3 Å². The summed E-state index contributed by atoms with van der Waals surface area (Å²) in [5.41, 5.74) is 0. The standard InChI is InChI=1S/C12H22N2O2/c1-3-5-11-13-9(2)12(15)14(11)10-6-4-7-16-8-10/h9-11,13H,3-8H2,1-2H3. The van der Waals surface area contributed by atoms with Gasteiger partial charge in [-0.3, -0.25) is 10.1 Å². The number of carbonyl (C=O) groups excluding carboxylic acids is 1. The maximum Gasteiger partial charge on any atom is 0.241 e. The largest absolute Gasteiger partial charge is 0.379 e. The molecule has 2 saturated heterocycles. The summed E-state index contributed by atoms with van der Waals surface area (Å²) in [6, 6.07) is 0.258. The molecule has 0 aliphatic carbocycles. The molecule has 0 saturated carbocycles. The molecule has 1 N–H and O–H groups in total. The van der Waals surface area contributed by atoms with Gasteiger partial charge in [0.15, 0.2) is 0 Å². The summed E-state index contributed by atoms with van der Waals surface area (Å²) in [5.74, 6) is 0.244. The van der Waals surface area contributed by atoms with E-state index in [1.807, 2.05) is 11.8 Å². The van der Waals surface area contributed by atoms with Crippen molar-refractivity contribution in [1.82, 2.24) is 10.2 Å². The van der Waals surface area contributed by atoms with Crippen LogP contribution in [-0.2, 0) is 9.53 Å². The zero-order valence-electron chi connectivity index (χ0n) is 10.2. The highest BCUT2D eigenvalue weighted by atomic mass is 16.5. The summed E-state index contributed by atoms with van der Waals surface area (Å²) in [7, 11) is 0. The minimum Gasteiger partial charge on any atom is -0.379 e. The van der Waals surface area contributed by atoms with E-state index in [-0.39, 0.29) is 24.2 Å². The molecule has 0 aromatic heterocycles. The molecule has 0 radical (unpaired) electrons. The summed E-state index contributed by atoms with van der Waals surface area (Å²) < 4.78 is 5.48. The van der Waals surface area contributed by atoms with Gasteiger partial charge >= 0.3 is 0 Å². The van der Waals surface area contributed by atoms with E-state index in [9.17, 15) is 4.79 Å². The van der Waals surface area contributed by atoms with Crippen molar-refractivity contribution in [2.24, 2.45) is 0 Å². The van der Waals surface area contributed by atoms with Crippen LogP contribution in [0.25, 0.3) is 0 Å². The van der Waals surface area contributed by atoms with Crippen molar-refractivity contribution in [3.05, 3.63) is 0 Å². The maximum atomic E-state index is 12.1. The molecule has 2 aliphatic rings. The summed E-state index contributed by atoms with van der Waals surface area (Å²) in [5, 5.41) is 3.37. The molecule has 2 aliphatic heterocycles. The topological polar surface area (TPSA) is 41.6 Å². The highest BCUT2D eigenvalue weighted by Crippen LogP contribution is 2.23. The second kappa shape index (κ2) is 5.15. The van der Waals surface area contributed by atoms with Gasteiger partial charge in [-0.1, -0.05) is 13.3 Å². The average Bonchev–Trinajstić information content (AvgIpc) is 2.57. The quantitative estimate of drug-likeness (QED) is 0.784. The Kier molecular flexibility index (Phi) is 3.82. The molecule has 3 atom stereocenters. The Balaban J connectivity index is 2.05. The van der Waals surface area contributed by atoms with Gasteiger partial charge in [0, 0.05) is 6.61 Å². The van der Waals surface area contributed by atoms with E-state index in [1.54, 1.807) is 0 Å². The lowest BCUT2D eigenvalue weighted by atomic mass is 10.1. The fourth-order valence-electron chi connectivity index (χ4n) is 2.69. The molecule has 0 aromatic rings. The minimum atomic E-state index is -0.0292. The first-order chi connectivity index (χ1) is 7.74. The molecule has 0 bridgehead atoms. The third kappa shape index (κ3) is 2.23. The first-order valence-electron chi connectivity index (χ1n) is 6.40. The van der Waals surface area contributed by atoms with Crippen LogP contribution in [-0.4, -0.2) is 42.3 Å². The second-order valence-electron chi connectivity index (χ2n) is 4.81. The first-order valence-corrected chi connectivity index (χ1v) is 6.40. The van der Waals surface area contributed by atoms with Gasteiger partial charge < -0.3 is 9.64 Å². The van der Waals surface area contributed by atoms with Crippen LogP contribution in [0.15, 0.2) is 0 Å². The molecule has 4 heteroatoms. The number of nitrogens with one attached hydrogen (secondary N) is 1. The summed E-state index contributed by atoms with van der Waals surface area (Å²) in [6.07, 6.45) is 4.51. The number of carbonyl (C=O) groups is 1. The molecular weight excluding hydrogens is 204 g/mol. The Hall–Kier alpha value is -0.610.